The van der Waals surface area contributed by atoms with Crippen LogP contribution in [-0.4, -0.2) is 54.2 Å². The Labute approximate surface area is 258 Å². The van der Waals surface area contributed by atoms with Gasteiger partial charge < -0.3 is 31.1 Å². The number of hydrogen-bond donors (Lipinski definition) is 6. The molecule has 1 aliphatic carbocycles. The number of aromatic amines is 1. The Kier molecular flexibility index (Phi) is 15.0. The summed E-state index contributed by atoms with van der Waals surface area (Å²) in [6.07, 6.45) is 17.6. The van der Waals surface area contributed by atoms with Crippen LogP contribution in [0.15, 0.2) is 36.7 Å². The van der Waals surface area contributed by atoms with Crippen LogP contribution in [0.1, 0.15) is 121 Å². The molecule has 1 aliphatic rings. The van der Waals surface area contributed by atoms with E-state index in [1.54, 1.807) is 6.20 Å². The minimum Gasteiger partial charge on any atom is -0.481 e. The Morgan fingerprint density at radius 2 is 1.72 bits per heavy atom. The number of hydrogen-bond acceptors (Lipinski definition) is 6. The van der Waals surface area contributed by atoms with E-state index in [1.165, 1.54) is 25.7 Å². The monoisotopic (exact) mass is 599 g/mol. The summed E-state index contributed by atoms with van der Waals surface area (Å²) in [6, 6.07) is 7.84. The number of nitrogens with one attached hydrogen (secondary N) is 1. The molecule has 7 N–H and O–H groups in total. The molecule has 8 heteroatoms. The van der Waals surface area contributed by atoms with Gasteiger partial charge in [-0.3, -0.25) is 4.79 Å². The van der Waals surface area contributed by atoms with Crippen molar-refractivity contribution >= 4 is 11.8 Å². The van der Waals surface area contributed by atoms with Crippen LogP contribution in [0.2, 0.25) is 0 Å². The van der Waals surface area contributed by atoms with Crippen LogP contribution in [-0.2, 0) is 17.6 Å². The van der Waals surface area contributed by atoms with Crippen LogP contribution in [0.25, 0.3) is 0 Å². The third kappa shape index (κ3) is 12.2. The zero-order valence-electron chi connectivity index (χ0n) is 26.3. The third-order valence-electron chi connectivity index (χ3n) is 9.62. The summed E-state index contributed by atoms with van der Waals surface area (Å²) in [6.45, 7) is 2.20. The number of rotatable bonds is 22. The second-order valence-electron chi connectivity index (χ2n) is 13.2. The molecule has 0 spiro atoms. The summed E-state index contributed by atoms with van der Waals surface area (Å²) in [5.41, 5.74) is 7.08. The number of aliphatic hydroxyl groups is 3. The molecule has 0 radical (unpaired) electrons. The normalized spacial score (nSPS) is 22.4. The number of aliphatic carboxylic acids is 1. The molecule has 3 rings (SSSR count). The van der Waals surface area contributed by atoms with Crippen molar-refractivity contribution in [3.05, 3.63) is 47.9 Å². The number of unbranched alkanes of at least 4 members (excludes halogenated alkanes) is 7. The number of aliphatic hydroxyl groups excluding tert-OH is 2. The lowest BCUT2D eigenvalue weighted by Gasteiger charge is -2.32. The second kappa shape index (κ2) is 18.4. The molecule has 0 bridgehead atoms. The fraction of sp³-hybridized carbons (Fsp3) is 0.714. The summed E-state index contributed by atoms with van der Waals surface area (Å²) in [5, 5.41) is 43.0. The number of anilines is 1. The van der Waals surface area contributed by atoms with Crippen molar-refractivity contribution in [2.75, 3.05) is 5.73 Å². The fourth-order valence-corrected chi connectivity index (χ4v) is 7.13. The number of carboxylic acid groups (broad SMARTS) is 1. The number of carboxylic acids is 1. The van der Waals surface area contributed by atoms with Gasteiger partial charge in [0.2, 0.25) is 0 Å². The van der Waals surface area contributed by atoms with Crippen LogP contribution in [0, 0.1) is 17.8 Å². The predicted molar refractivity (Wildman–Crippen MR) is 171 cm³/mol. The number of nitrogens with two attached hydrogens (primary N) is 1. The zero-order valence-corrected chi connectivity index (χ0v) is 26.3. The molecule has 242 valence electrons. The first-order chi connectivity index (χ1) is 20.7. The molecule has 1 saturated carbocycles. The van der Waals surface area contributed by atoms with Crippen molar-refractivity contribution in [2.45, 2.75) is 140 Å². The first-order valence-corrected chi connectivity index (χ1v) is 16.8. The highest BCUT2D eigenvalue weighted by molar-refractivity contribution is 5.70. The Bertz CT molecular complexity index is 1050. The SMILES string of the molecule is CCCCCCCC(O)CCCCCCC(C(=O)O)C(O)CCC1(O)CC(Cc2ccnc(N)c2)CC1Cc1ccc[nH]1. The van der Waals surface area contributed by atoms with Crippen molar-refractivity contribution in [3.8, 4) is 0 Å². The summed E-state index contributed by atoms with van der Waals surface area (Å²) in [7, 11) is 0. The van der Waals surface area contributed by atoms with Crippen molar-refractivity contribution in [3.63, 3.8) is 0 Å². The van der Waals surface area contributed by atoms with E-state index in [1.807, 2.05) is 30.5 Å². The molecule has 0 saturated heterocycles. The number of H-pyrrole nitrogens is 1. The standard InChI is InChI=1S/C35H57N3O5/c1-2-3-4-5-8-13-30(39)14-9-6-7-10-15-31(34(41)42)32(40)16-18-35(43)25-27(21-26-17-20-38-33(36)23-26)22-28(35)24-29-12-11-19-37-29/h11-12,17,19-20,23,27-28,30-32,37,39-40,43H,2-10,13-16,18,21-22,24-25H2,1H3,(H2,36,38)(H,41,42). The summed E-state index contributed by atoms with van der Waals surface area (Å²) in [5.74, 6) is -1.05. The van der Waals surface area contributed by atoms with Crippen molar-refractivity contribution in [1.82, 2.24) is 9.97 Å². The average molecular weight is 600 g/mol. The highest BCUT2D eigenvalue weighted by Gasteiger charge is 2.46. The lowest BCUT2D eigenvalue weighted by Crippen LogP contribution is -2.37. The molecule has 43 heavy (non-hydrogen) atoms. The third-order valence-corrected chi connectivity index (χ3v) is 9.62. The van der Waals surface area contributed by atoms with Gasteiger partial charge in [-0.1, -0.05) is 64.7 Å². The van der Waals surface area contributed by atoms with Crippen LogP contribution in [0.4, 0.5) is 5.82 Å². The Morgan fingerprint density at radius 3 is 2.35 bits per heavy atom. The maximum absolute atomic E-state index is 12.1. The summed E-state index contributed by atoms with van der Waals surface area (Å²) in [4.78, 5) is 19.4. The van der Waals surface area contributed by atoms with Gasteiger partial charge in [-0.25, -0.2) is 4.98 Å². The minimum atomic E-state index is -0.999. The van der Waals surface area contributed by atoms with E-state index in [2.05, 4.69) is 16.9 Å². The molecule has 2 aromatic heterocycles. The lowest BCUT2D eigenvalue weighted by molar-refractivity contribution is -0.146. The van der Waals surface area contributed by atoms with Crippen LogP contribution >= 0.6 is 0 Å². The maximum atomic E-state index is 12.1. The maximum Gasteiger partial charge on any atom is 0.309 e. The fourth-order valence-electron chi connectivity index (χ4n) is 7.13. The number of carbonyl (C=O) groups is 1. The smallest absolute Gasteiger partial charge is 0.309 e. The highest BCUT2D eigenvalue weighted by Crippen LogP contribution is 2.46. The molecule has 6 unspecified atom stereocenters. The average Bonchev–Trinajstić information content (AvgIpc) is 3.58. The summed E-state index contributed by atoms with van der Waals surface area (Å²) >= 11 is 0. The second-order valence-corrected chi connectivity index (χ2v) is 13.2. The molecule has 2 heterocycles. The van der Waals surface area contributed by atoms with E-state index in [9.17, 15) is 25.2 Å². The molecule has 0 aromatic carbocycles. The number of nitrogens with zero attached hydrogens (tertiary/aromatic N) is 1. The molecule has 1 fully saturated rings. The highest BCUT2D eigenvalue weighted by atomic mass is 16.4. The van der Waals surface area contributed by atoms with Gasteiger partial charge in [0.15, 0.2) is 0 Å². The molecule has 6 atom stereocenters. The van der Waals surface area contributed by atoms with Crippen molar-refractivity contribution in [2.24, 2.45) is 17.8 Å². The van der Waals surface area contributed by atoms with Crippen LogP contribution < -0.4 is 5.73 Å². The van der Waals surface area contributed by atoms with Gasteiger partial charge in [-0.05, 0) is 99.5 Å². The molecule has 0 aliphatic heterocycles. The van der Waals surface area contributed by atoms with Gasteiger partial charge in [-0.2, -0.15) is 0 Å². The van der Waals surface area contributed by atoms with Crippen molar-refractivity contribution in [1.29, 1.82) is 0 Å². The van der Waals surface area contributed by atoms with Crippen molar-refractivity contribution < 1.29 is 25.2 Å². The molecule has 0 amide bonds. The van der Waals surface area contributed by atoms with E-state index in [0.29, 0.717) is 31.5 Å². The molecular formula is C35H57N3O5. The number of aromatic nitrogens is 2. The quantitative estimate of drug-likeness (QED) is 0.0852. The van der Waals surface area contributed by atoms with Crippen LogP contribution in [0.3, 0.4) is 0 Å². The Hall–Kier alpha value is -2.42. The van der Waals surface area contributed by atoms with Gasteiger partial charge in [0.25, 0.3) is 0 Å². The lowest BCUT2D eigenvalue weighted by atomic mass is 9.81. The molecule has 2 aromatic rings. The van der Waals surface area contributed by atoms with E-state index >= 15 is 0 Å². The first kappa shape index (κ1) is 35.1. The first-order valence-electron chi connectivity index (χ1n) is 16.8. The van der Waals surface area contributed by atoms with E-state index in [-0.39, 0.29) is 24.4 Å². The van der Waals surface area contributed by atoms with Gasteiger partial charge in [0.1, 0.15) is 5.82 Å². The Morgan fingerprint density at radius 1 is 1.02 bits per heavy atom. The molecule has 8 nitrogen and oxygen atoms in total. The van der Waals surface area contributed by atoms with Gasteiger partial charge in [0, 0.05) is 18.1 Å². The van der Waals surface area contributed by atoms with Gasteiger partial charge in [0.05, 0.1) is 23.7 Å². The van der Waals surface area contributed by atoms with Crippen LogP contribution in [0.5, 0.6) is 0 Å². The topological polar surface area (TPSA) is 153 Å². The molecular weight excluding hydrogens is 542 g/mol. The predicted octanol–water partition coefficient (Wildman–Crippen LogP) is 6.44. The minimum absolute atomic E-state index is 0.0116. The van der Waals surface area contributed by atoms with E-state index in [4.69, 9.17) is 5.73 Å². The number of pyridine rings is 1. The number of nitrogen functional groups attached to an aromatic ring is 1. The zero-order chi connectivity index (χ0) is 31.1. The Balaban J connectivity index is 1.45. The summed E-state index contributed by atoms with van der Waals surface area (Å²) < 4.78 is 0. The largest absolute Gasteiger partial charge is 0.481 e. The van der Waals surface area contributed by atoms with E-state index < -0.39 is 23.6 Å². The van der Waals surface area contributed by atoms with Gasteiger partial charge >= 0.3 is 5.97 Å². The van der Waals surface area contributed by atoms with E-state index in [0.717, 1.165) is 69.0 Å². The van der Waals surface area contributed by atoms with Gasteiger partial charge in [-0.15, -0.1) is 0 Å².